The third kappa shape index (κ3) is 4.14. The Morgan fingerprint density at radius 2 is 2.40 bits per heavy atom. The number of ether oxygens (including phenoxy) is 1. The number of nitrogens with zero attached hydrogens (tertiary/aromatic N) is 1. The van der Waals surface area contributed by atoms with Gasteiger partial charge >= 0.3 is 0 Å². The summed E-state index contributed by atoms with van der Waals surface area (Å²) in [5, 5.41) is 2.57. The third-order valence-corrected chi connectivity index (χ3v) is 1.57. The van der Waals surface area contributed by atoms with E-state index in [9.17, 15) is 4.79 Å². The highest BCUT2D eigenvalue weighted by atomic mass is 16.5. The predicted molar refractivity (Wildman–Crippen MR) is 56.4 cm³/mol. The number of hydrogen-bond acceptors (Lipinski definition) is 3. The topological polar surface area (TPSA) is 51.2 Å². The molecule has 0 bridgehead atoms. The Morgan fingerprint density at radius 3 is 3.07 bits per heavy atom. The van der Waals surface area contributed by atoms with Crippen LogP contribution in [0.4, 0.5) is 0 Å². The lowest BCUT2D eigenvalue weighted by Gasteiger charge is -1.97. The molecule has 15 heavy (non-hydrogen) atoms. The molecule has 1 rings (SSSR count). The van der Waals surface area contributed by atoms with Crippen LogP contribution in [0.5, 0.6) is 5.88 Å². The van der Waals surface area contributed by atoms with Crippen LogP contribution in [0.3, 0.4) is 0 Å². The summed E-state index contributed by atoms with van der Waals surface area (Å²) in [5.41, 5.74) is 0.625. The fourth-order valence-corrected chi connectivity index (χ4v) is 0.902. The maximum Gasteiger partial charge on any atom is 0.217 e. The molecular formula is C11H12N2O2. The highest BCUT2D eigenvalue weighted by Gasteiger charge is 1.92. The van der Waals surface area contributed by atoms with Crippen molar-refractivity contribution in [3.63, 3.8) is 0 Å². The molecule has 1 heterocycles. The fraction of sp³-hybridized carbons (Fsp3) is 0.273. The van der Waals surface area contributed by atoms with E-state index in [1.54, 1.807) is 19.2 Å². The van der Waals surface area contributed by atoms with Gasteiger partial charge in [0.1, 0.15) is 5.69 Å². The van der Waals surface area contributed by atoms with E-state index in [0.29, 0.717) is 18.1 Å². The molecule has 0 atom stereocenters. The largest absolute Gasteiger partial charge is 0.481 e. The van der Waals surface area contributed by atoms with Crippen LogP contribution in [0.25, 0.3) is 0 Å². The van der Waals surface area contributed by atoms with Crippen molar-refractivity contribution in [2.75, 3.05) is 13.7 Å². The minimum Gasteiger partial charge on any atom is -0.481 e. The Morgan fingerprint density at radius 1 is 1.60 bits per heavy atom. The van der Waals surface area contributed by atoms with E-state index in [4.69, 9.17) is 4.74 Å². The molecule has 0 aliphatic heterocycles. The van der Waals surface area contributed by atoms with Gasteiger partial charge in [0, 0.05) is 13.0 Å². The SMILES string of the molecule is COc1cccc(C#CCNC(C)=O)n1. The molecule has 0 saturated carbocycles. The van der Waals surface area contributed by atoms with Crippen molar-refractivity contribution in [3.8, 4) is 17.7 Å². The van der Waals surface area contributed by atoms with E-state index in [0.717, 1.165) is 0 Å². The summed E-state index contributed by atoms with van der Waals surface area (Å²) in [5.74, 6) is 6.04. The lowest BCUT2D eigenvalue weighted by molar-refractivity contribution is -0.118. The van der Waals surface area contributed by atoms with Crippen LogP contribution >= 0.6 is 0 Å². The van der Waals surface area contributed by atoms with E-state index in [1.165, 1.54) is 6.92 Å². The highest BCUT2D eigenvalue weighted by molar-refractivity contribution is 5.73. The number of amides is 1. The minimum atomic E-state index is -0.0945. The van der Waals surface area contributed by atoms with Crippen LogP contribution in [0.15, 0.2) is 18.2 Å². The molecule has 0 saturated heterocycles. The number of nitrogens with one attached hydrogen (secondary N) is 1. The molecule has 0 aromatic carbocycles. The summed E-state index contributed by atoms with van der Waals surface area (Å²) in [6.07, 6.45) is 0. The van der Waals surface area contributed by atoms with Crippen molar-refractivity contribution in [1.29, 1.82) is 0 Å². The van der Waals surface area contributed by atoms with Crippen LogP contribution in [-0.2, 0) is 4.79 Å². The van der Waals surface area contributed by atoms with Crippen LogP contribution in [0.2, 0.25) is 0 Å². The van der Waals surface area contributed by atoms with Gasteiger partial charge in [0.05, 0.1) is 13.7 Å². The van der Waals surface area contributed by atoms with E-state index in [-0.39, 0.29) is 5.91 Å². The zero-order chi connectivity index (χ0) is 11.1. The number of methoxy groups -OCH3 is 1. The summed E-state index contributed by atoms with van der Waals surface area (Å²) in [7, 11) is 1.55. The normalized spacial score (nSPS) is 8.67. The van der Waals surface area contributed by atoms with Crippen molar-refractivity contribution < 1.29 is 9.53 Å². The minimum absolute atomic E-state index is 0.0945. The molecule has 1 amide bonds. The summed E-state index contributed by atoms with van der Waals surface area (Å²) in [4.78, 5) is 14.6. The Kier molecular flexibility index (Phi) is 4.17. The first-order valence-electron chi connectivity index (χ1n) is 4.46. The van der Waals surface area contributed by atoms with Gasteiger partial charge in [-0.1, -0.05) is 12.0 Å². The van der Waals surface area contributed by atoms with Gasteiger partial charge in [-0.05, 0) is 12.0 Å². The predicted octanol–water partition coefficient (Wildman–Crippen LogP) is 0.578. The van der Waals surface area contributed by atoms with Crippen LogP contribution in [-0.4, -0.2) is 24.5 Å². The van der Waals surface area contributed by atoms with Gasteiger partial charge in [-0.15, -0.1) is 0 Å². The number of hydrogen-bond donors (Lipinski definition) is 1. The average Bonchev–Trinajstić information content (AvgIpc) is 2.24. The smallest absolute Gasteiger partial charge is 0.217 e. The van der Waals surface area contributed by atoms with Gasteiger partial charge in [-0.2, -0.15) is 0 Å². The molecule has 78 valence electrons. The summed E-state index contributed by atoms with van der Waals surface area (Å²) >= 11 is 0. The quantitative estimate of drug-likeness (QED) is 0.717. The van der Waals surface area contributed by atoms with Crippen LogP contribution in [0, 0.1) is 11.8 Å². The molecular weight excluding hydrogens is 192 g/mol. The number of aromatic nitrogens is 1. The highest BCUT2D eigenvalue weighted by Crippen LogP contribution is 2.04. The molecule has 1 aromatic heterocycles. The zero-order valence-corrected chi connectivity index (χ0v) is 8.70. The second kappa shape index (κ2) is 5.66. The summed E-state index contributed by atoms with van der Waals surface area (Å²) in [6.45, 7) is 1.78. The summed E-state index contributed by atoms with van der Waals surface area (Å²) in [6, 6.07) is 5.34. The van der Waals surface area contributed by atoms with Gasteiger partial charge in [-0.3, -0.25) is 4.79 Å². The van der Waals surface area contributed by atoms with Crippen molar-refractivity contribution in [3.05, 3.63) is 23.9 Å². The van der Waals surface area contributed by atoms with Gasteiger partial charge in [0.2, 0.25) is 11.8 Å². The lowest BCUT2D eigenvalue weighted by atomic mass is 10.3. The van der Waals surface area contributed by atoms with Crippen molar-refractivity contribution >= 4 is 5.91 Å². The summed E-state index contributed by atoms with van der Waals surface area (Å²) < 4.78 is 4.95. The molecule has 0 aliphatic rings. The standard InChI is InChI=1S/C11H12N2O2/c1-9(14)12-8-4-6-10-5-3-7-11(13-10)15-2/h3,5,7H,8H2,1-2H3,(H,12,14). The van der Waals surface area contributed by atoms with Crippen molar-refractivity contribution in [2.24, 2.45) is 0 Å². The molecule has 0 aliphatic carbocycles. The van der Waals surface area contributed by atoms with Crippen LogP contribution in [0.1, 0.15) is 12.6 Å². The number of rotatable bonds is 2. The Labute approximate surface area is 88.7 Å². The maximum absolute atomic E-state index is 10.5. The van der Waals surface area contributed by atoms with Gasteiger partial charge in [0.25, 0.3) is 0 Å². The number of pyridine rings is 1. The Balaban J connectivity index is 2.59. The number of carbonyl (C=O) groups excluding carboxylic acids is 1. The molecule has 4 nitrogen and oxygen atoms in total. The van der Waals surface area contributed by atoms with Gasteiger partial charge in [0.15, 0.2) is 0 Å². The molecule has 1 aromatic rings. The second-order valence-corrected chi connectivity index (χ2v) is 2.78. The molecule has 0 spiro atoms. The van der Waals surface area contributed by atoms with E-state index >= 15 is 0 Å². The first kappa shape index (κ1) is 11.1. The fourth-order valence-electron chi connectivity index (χ4n) is 0.902. The lowest BCUT2D eigenvalue weighted by Crippen LogP contribution is -2.19. The molecule has 0 fully saturated rings. The zero-order valence-electron chi connectivity index (χ0n) is 8.70. The monoisotopic (exact) mass is 204 g/mol. The van der Waals surface area contributed by atoms with Crippen LogP contribution < -0.4 is 10.1 Å². The average molecular weight is 204 g/mol. The van der Waals surface area contributed by atoms with E-state index < -0.39 is 0 Å². The molecule has 1 N–H and O–H groups in total. The first-order chi connectivity index (χ1) is 7.22. The second-order valence-electron chi connectivity index (χ2n) is 2.78. The van der Waals surface area contributed by atoms with E-state index in [1.807, 2.05) is 6.07 Å². The molecule has 4 heteroatoms. The van der Waals surface area contributed by atoms with E-state index in [2.05, 4.69) is 22.1 Å². The third-order valence-electron chi connectivity index (χ3n) is 1.57. The Hall–Kier alpha value is -2.02. The number of carbonyl (C=O) groups is 1. The molecule has 0 unspecified atom stereocenters. The Bertz CT molecular complexity index is 405. The van der Waals surface area contributed by atoms with Crippen molar-refractivity contribution in [2.45, 2.75) is 6.92 Å². The first-order valence-corrected chi connectivity index (χ1v) is 4.46. The van der Waals surface area contributed by atoms with Gasteiger partial charge in [-0.25, -0.2) is 4.98 Å². The maximum atomic E-state index is 10.5. The van der Waals surface area contributed by atoms with Gasteiger partial charge < -0.3 is 10.1 Å². The van der Waals surface area contributed by atoms with Crippen molar-refractivity contribution in [1.82, 2.24) is 10.3 Å². The molecule has 0 radical (unpaired) electrons.